The van der Waals surface area contributed by atoms with Gasteiger partial charge >= 0.3 is 0 Å². The fourth-order valence-corrected chi connectivity index (χ4v) is 3.84. The highest BCUT2D eigenvalue weighted by molar-refractivity contribution is 7.13. The van der Waals surface area contributed by atoms with Gasteiger partial charge in [0, 0.05) is 6.54 Å². The number of aromatic nitrogens is 1. The average molecular weight is 412 g/mol. The number of nitrogens with zero attached hydrogens (tertiary/aromatic N) is 1. The smallest absolute Gasteiger partial charge is 0.263 e. The second kappa shape index (κ2) is 9.43. The SMILES string of the molecule is Cc1nc(CC(=O)NC(C)c2ccccc2)sc1C(=O)NCc1ccc(F)cc1. The van der Waals surface area contributed by atoms with Crippen molar-refractivity contribution in [2.24, 2.45) is 0 Å². The maximum atomic E-state index is 13.0. The molecule has 1 aromatic heterocycles. The number of thiazole rings is 1. The van der Waals surface area contributed by atoms with Gasteiger partial charge in [0.1, 0.15) is 15.7 Å². The molecule has 29 heavy (non-hydrogen) atoms. The third-order valence-corrected chi connectivity index (χ3v) is 5.56. The van der Waals surface area contributed by atoms with Crippen LogP contribution in [-0.2, 0) is 17.8 Å². The van der Waals surface area contributed by atoms with Gasteiger partial charge in [-0.05, 0) is 37.1 Å². The quantitative estimate of drug-likeness (QED) is 0.619. The Kier molecular flexibility index (Phi) is 6.72. The van der Waals surface area contributed by atoms with Crippen LogP contribution >= 0.6 is 11.3 Å². The number of hydrogen-bond acceptors (Lipinski definition) is 4. The number of halogens is 1. The second-order valence-corrected chi connectivity index (χ2v) is 7.79. The molecule has 0 radical (unpaired) electrons. The molecule has 0 aliphatic heterocycles. The molecule has 0 saturated carbocycles. The van der Waals surface area contributed by atoms with Crippen molar-refractivity contribution < 1.29 is 14.0 Å². The molecule has 1 unspecified atom stereocenters. The van der Waals surface area contributed by atoms with Crippen LogP contribution < -0.4 is 10.6 Å². The second-order valence-electron chi connectivity index (χ2n) is 6.71. The van der Waals surface area contributed by atoms with Crippen molar-refractivity contribution in [1.82, 2.24) is 15.6 Å². The summed E-state index contributed by atoms with van der Waals surface area (Å²) in [5, 5.41) is 6.34. The third kappa shape index (κ3) is 5.71. The Balaban J connectivity index is 1.56. The zero-order valence-corrected chi connectivity index (χ0v) is 17.1. The molecule has 5 nitrogen and oxygen atoms in total. The predicted octanol–water partition coefficient (Wildman–Crippen LogP) is 3.94. The minimum atomic E-state index is -0.317. The first-order valence-electron chi connectivity index (χ1n) is 9.25. The fraction of sp³-hybridized carbons (Fsp3) is 0.227. The van der Waals surface area contributed by atoms with Crippen LogP contribution in [0.2, 0.25) is 0 Å². The number of nitrogens with one attached hydrogen (secondary N) is 2. The molecule has 0 aliphatic rings. The van der Waals surface area contributed by atoms with E-state index in [-0.39, 0.29) is 30.1 Å². The lowest BCUT2D eigenvalue weighted by Gasteiger charge is -2.13. The molecule has 1 heterocycles. The van der Waals surface area contributed by atoms with E-state index in [4.69, 9.17) is 0 Å². The van der Waals surface area contributed by atoms with Crippen LogP contribution in [0.3, 0.4) is 0 Å². The van der Waals surface area contributed by atoms with Crippen molar-refractivity contribution in [1.29, 1.82) is 0 Å². The first kappa shape index (κ1) is 20.7. The van der Waals surface area contributed by atoms with Crippen molar-refractivity contribution in [3.05, 3.63) is 87.1 Å². The lowest BCUT2D eigenvalue weighted by molar-refractivity contribution is -0.121. The highest BCUT2D eigenvalue weighted by Crippen LogP contribution is 2.19. The van der Waals surface area contributed by atoms with Gasteiger partial charge in [-0.15, -0.1) is 11.3 Å². The third-order valence-electron chi connectivity index (χ3n) is 4.40. The number of carbonyl (C=O) groups is 2. The molecule has 7 heteroatoms. The Morgan fingerprint density at radius 3 is 2.48 bits per heavy atom. The Morgan fingerprint density at radius 2 is 1.79 bits per heavy atom. The summed E-state index contributed by atoms with van der Waals surface area (Å²) in [5.74, 6) is -0.718. The zero-order valence-electron chi connectivity index (χ0n) is 16.2. The van der Waals surface area contributed by atoms with Gasteiger partial charge in [0.15, 0.2) is 0 Å². The van der Waals surface area contributed by atoms with Crippen molar-refractivity contribution >= 4 is 23.2 Å². The van der Waals surface area contributed by atoms with E-state index in [2.05, 4.69) is 15.6 Å². The first-order valence-corrected chi connectivity index (χ1v) is 10.1. The van der Waals surface area contributed by atoms with Crippen LogP contribution in [0.1, 0.15) is 44.5 Å². The molecule has 0 saturated heterocycles. The highest BCUT2D eigenvalue weighted by atomic mass is 32.1. The summed E-state index contributed by atoms with van der Waals surface area (Å²) in [4.78, 5) is 29.6. The van der Waals surface area contributed by atoms with Gasteiger partial charge in [-0.25, -0.2) is 9.37 Å². The summed E-state index contributed by atoms with van der Waals surface area (Å²) >= 11 is 1.21. The molecular formula is C22H22FN3O2S. The number of rotatable bonds is 7. The number of benzene rings is 2. The Morgan fingerprint density at radius 1 is 1.10 bits per heavy atom. The largest absolute Gasteiger partial charge is 0.349 e. The van der Waals surface area contributed by atoms with Crippen LogP contribution in [0.4, 0.5) is 4.39 Å². The van der Waals surface area contributed by atoms with Gasteiger partial charge in [0.05, 0.1) is 18.2 Å². The summed E-state index contributed by atoms with van der Waals surface area (Å²) in [6.07, 6.45) is 0.119. The predicted molar refractivity (Wildman–Crippen MR) is 111 cm³/mol. The monoisotopic (exact) mass is 411 g/mol. The van der Waals surface area contributed by atoms with Gasteiger partial charge in [0.2, 0.25) is 5.91 Å². The number of amides is 2. The molecule has 0 spiro atoms. The maximum absolute atomic E-state index is 13.0. The fourth-order valence-electron chi connectivity index (χ4n) is 2.86. The normalized spacial score (nSPS) is 11.7. The summed E-state index contributed by atoms with van der Waals surface area (Å²) in [6.45, 7) is 3.97. The molecule has 150 valence electrons. The topological polar surface area (TPSA) is 71.1 Å². The summed E-state index contributed by atoms with van der Waals surface area (Å²) in [6, 6.07) is 15.6. The number of carbonyl (C=O) groups excluding carboxylic acids is 2. The molecule has 3 aromatic rings. The zero-order chi connectivity index (χ0) is 20.8. The molecule has 0 bridgehead atoms. The number of aryl methyl sites for hydroxylation is 1. The van der Waals surface area contributed by atoms with Crippen LogP contribution in [-0.4, -0.2) is 16.8 Å². The van der Waals surface area contributed by atoms with E-state index in [1.54, 1.807) is 19.1 Å². The molecule has 2 N–H and O–H groups in total. The summed E-state index contributed by atoms with van der Waals surface area (Å²) in [7, 11) is 0. The van der Waals surface area contributed by atoms with Crippen molar-refractivity contribution in [2.45, 2.75) is 32.9 Å². The Bertz CT molecular complexity index is 987. The van der Waals surface area contributed by atoms with Crippen molar-refractivity contribution in [2.75, 3.05) is 0 Å². The van der Waals surface area contributed by atoms with Crippen LogP contribution in [0, 0.1) is 12.7 Å². The lowest BCUT2D eigenvalue weighted by atomic mass is 10.1. The lowest BCUT2D eigenvalue weighted by Crippen LogP contribution is -2.28. The van der Waals surface area contributed by atoms with E-state index in [1.807, 2.05) is 37.3 Å². The number of hydrogen-bond donors (Lipinski definition) is 2. The van der Waals surface area contributed by atoms with Gasteiger partial charge in [-0.1, -0.05) is 42.5 Å². The van der Waals surface area contributed by atoms with E-state index < -0.39 is 0 Å². The minimum Gasteiger partial charge on any atom is -0.349 e. The minimum absolute atomic E-state index is 0.108. The average Bonchev–Trinajstić information content (AvgIpc) is 3.07. The molecule has 0 aliphatic carbocycles. The summed E-state index contributed by atoms with van der Waals surface area (Å²) in [5.41, 5.74) is 2.42. The van der Waals surface area contributed by atoms with Crippen LogP contribution in [0.15, 0.2) is 54.6 Å². The van der Waals surface area contributed by atoms with Gasteiger partial charge in [0.25, 0.3) is 5.91 Å². The van der Waals surface area contributed by atoms with E-state index in [0.29, 0.717) is 22.1 Å². The van der Waals surface area contributed by atoms with E-state index >= 15 is 0 Å². The van der Waals surface area contributed by atoms with Crippen molar-refractivity contribution in [3.8, 4) is 0 Å². The highest BCUT2D eigenvalue weighted by Gasteiger charge is 2.18. The summed E-state index contributed by atoms with van der Waals surface area (Å²) < 4.78 is 13.0. The van der Waals surface area contributed by atoms with Gasteiger partial charge < -0.3 is 10.6 Å². The van der Waals surface area contributed by atoms with Gasteiger partial charge in [-0.2, -0.15) is 0 Å². The molecule has 2 aromatic carbocycles. The van der Waals surface area contributed by atoms with E-state index in [0.717, 1.165) is 11.1 Å². The molecule has 0 fully saturated rings. The first-order chi connectivity index (χ1) is 13.9. The van der Waals surface area contributed by atoms with E-state index in [9.17, 15) is 14.0 Å². The maximum Gasteiger partial charge on any atom is 0.263 e. The van der Waals surface area contributed by atoms with Crippen molar-refractivity contribution in [3.63, 3.8) is 0 Å². The van der Waals surface area contributed by atoms with Crippen LogP contribution in [0.5, 0.6) is 0 Å². The van der Waals surface area contributed by atoms with Crippen LogP contribution in [0.25, 0.3) is 0 Å². The standard InChI is InChI=1S/C22H22FN3O2S/c1-14(17-6-4-3-5-7-17)25-19(27)12-20-26-15(2)21(29-20)22(28)24-13-16-8-10-18(23)11-9-16/h3-11,14H,12-13H2,1-2H3,(H,24,28)(H,25,27). The van der Waals surface area contributed by atoms with E-state index in [1.165, 1.54) is 23.5 Å². The molecule has 2 amide bonds. The Hall–Kier alpha value is -3.06. The molecule has 3 rings (SSSR count). The molecule has 1 atom stereocenters. The van der Waals surface area contributed by atoms with Gasteiger partial charge in [-0.3, -0.25) is 9.59 Å². The Labute approximate surface area is 173 Å². The molecular weight excluding hydrogens is 389 g/mol.